The fraction of sp³-hybridized carbons (Fsp3) is 0.643. The Morgan fingerprint density at radius 1 is 1.30 bits per heavy atom. The van der Waals surface area contributed by atoms with Gasteiger partial charge in [0.1, 0.15) is 6.17 Å². The predicted molar refractivity (Wildman–Crippen MR) is 76.0 cm³/mol. The Morgan fingerprint density at radius 2 is 2.05 bits per heavy atom. The summed E-state index contributed by atoms with van der Waals surface area (Å²) in [5, 5.41) is 0. The number of hydrogen-bond acceptors (Lipinski definition) is 4. The molecule has 2 saturated heterocycles. The van der Waals surface area contributed by atoms with E-state index in [-0.39, 0.29) is 18.6 Å². The summed E-state index contributed by atoms with van der Waals surface area (Å²) >= 11 is 1.53. The summed E-state index contributed by atoms with van der Waals surface area (Å²) in [6, 6.07) is 3.73. The van der Waals surface area contributed by atoms with E-state index in [1.54, 1.807) is 0 Å². The molecule has 3 heterocycles. The van der Waals surface area contributed by atoms with Gasteiger partial charge in [-0.1, -0.05) is 0 Å². The second-order valence-electron chi connectivity index (χ2n) is 5.36. The van der Waals surface area contributed by atoms with Crippen LogP contribution < -0.4 is 0 Å². The molecule has 1 aromatic rings. The molecule has 1 aromatic heterocycles. The molecule has 0 aliphatic carbocycles. The van der Waals surface area contributed by atoms with Gasteiger partial charge in [-0.2, -0.15) is 0 Å². The summed E-state index contributed by atoms with van der Waals surface area (Å²) in [6.45, 7) is 5.46. The first-order valence-electron chi connectivity index (χ1n) is 6.97. The van der Waals surface area contributed by atoms with E-state index >= 15 is 0 Å². The molecule has 0 saturated carbocycles. The minimum absolute atomic E-state index is 0.0993. The van der Waals surface area contributed by atoms with E-state index in [1.165, 1.54) is 11.3 Å². The molecule has 0 spiro atoms. The third-order valence-electron chi connectivity index (χ3n) is 4.00. The standard InChI is InChI=1S/C14H19FN2O2S/c1-10-2-3-13(20-10)14(18)17-6-4-16(5-7-17)12-9-19-8-11(12)15/h2-3,11-12H,4-9H2,1H3/t11-,12-/m1/s1. The molecule has 3 rings (SSSR count). The van der Waals surface area contributed by atoms with Gasteiger partial charge in [0.15, 0.2) is 0 Å². The second-order valence-corrected chi connectivity index (χ2v) is 6.65. The van der Waals surface area contributed by atoms with Crippen LogP contribution in [0.5, 0.6) is 0 Å². The number of nitrogens with zero attached hydrogens (tertiary/aromatic N) is 2. The zero-order chi connectivity index (χ0) is 14.1. The van der Waals surface area contributed by atoms with Crippen molar-refractivity contribution in [2.75, 3.05) is 39.4 Å². The molecule has 0 unspecified atom stereocenters. The highest BCUT2D eigenvalue weighted by molar-refractivity contribution is 7.13. The van der Waals surface area contributed by atoms with Gasteiger partial charge >= 0.3 is 0 Å². The van der Waals surface area contributed by atoms with Gasteiger partial charge < -0.3 is 9.64 Å². The molecular formula is C14H19FN2O2S. The van der Waals surface area contributed by atoms with E-state index in [0.29, 0.717) is 19.7 Å². The van der Waals surface area contributed by atoms with Crippen LogP contribution in [0.2, 0.25) is 0 Å². The molecule has 0 N–H and O–H groups in total. The molecule has 4 nitrogen and oxygen atoms in total. The lowest BCUT2D eigenvalue weighted by Gasteiger charge is -2.37. The van der Waals surface area contributed by atoms with E-state index < -0.39 is 6.17 Å². The van der Waals surface area contributed by atoms with Crippen LogP contribution in [-0.4, -0.2) is 67.3 Å². The smallest absolute Gasteiger partial charge is 0.264 e. The molecule has 1 amide bonds. The van der Waals surface area contributed by atoms with E-state index in [9.17, 15) is 9.18 Å². The van der Waals surface area contributed by atoms with E-state index in [2.05, 4.69) is 4.90 Å². The highest BCUT2D eigenvalue weighted by Crippen LogP contribution is 2.21. The van der Waals surface area contributed by atoms with Gasteiger partial charge in [0.25, 0.3) is 5.91 Å². The normalized spacial score (nSPS) is 28.0. The average Bonchev–Trinajstić information content (AvgIpc) is 3.07. The Morgan fingerprint density at radius 3 is 2.60 bits per heavy atom. The van der Waals surface area contributed by atoms with Crippen molar-refractivity contribution in [3.63, 3.8) is 0 Å². The van der Waals surface area contributed by atoms with Gasteiger partial charge in [0.05, 0.1) is 24.1 Å². The van der Waals surface area contributed by atoms with Crippen molar-refractivity contribution in [2.45, 2.75) is 19.1 Å². The summed E-state index contributed by atoms with van der Waals surface area (Å²) in [4.78, 5) is 18.2. The Balaban J connectivity index is 1.57. The fourth-order valence-corrected chi connectivity index (χ4v) is 3.65. The lowest BCUT2D eigenvalue weighted by atomic mass is 10.1. The lowest BCUT2D eigenvalue weighted by Crippen LogP contribution is -2.54. The first kappa shape index (κ1) is 14.0. The zero-order valence-corrected chi connectivity index (χ0v) is 12.4. The summed E-state index contributed by atoms with van der Waals surface area (Å²) in [6.07, 6.45) is -0.891. The summed E-state index contributed by atoms with van der Waals surface area (Å²) < 4.78 is 18.8. The Labute approximate surface area is 122 Å². The number of rotatable bonds is 2. The number of hydrogen-bond donors (Lipinski definition) is 0. The summed E-state index contributed by atoms with van der Waals surface area (Å²) in [7, 11) is 0. The van der Waals surface area contributed by atoms with Gasteiger partial charge in [-0.15, -0.1) is 11.3 Å². The van der Waals surface area contributed by atoms with E-state index in [4.69, 9.17) is 4.74 Å². The van der Waals surface area contributed by atoms with Crippen LogP contribution in [0, 0.1) is 6.92 Å². The number of carbonyl (C=O) groups is 1. The van der Waals surface area contributed by atoms with Crippen molar-refractivity contribution >= 4 is 17.2 Å². The van der Waals surface area contributed by atoms with Crippen molar-refractivity contribution in [2.24, 2.45) is 0 Å². The van der Waals surface area contributed by atoms with Gasteiger partial charge in [0, 0.05) is 31.1 Å². The van der Waals surface area contributed by atoms with Crippen LogP contribution in [0.15, 0.2) is 12.1 Å². The highest BCUT2D eigenvalue weighted by Gasteiger charge is 2.35. The zero-order valence-electron chi connectivity index (χ0n) is 11.5. The Hall–Kier alpha value is -0.980. The van der Waals surface area contributed by atoms with Crippen LogP contribution in [0.4, 0.5) is 4.39 Å². The van der Waals surface area contributed by atoms with Gasteiger partial charge in [0.2, 0.25) is 0 Å². The Bertz CT molecular complexity index is 485. The number of amides is 1. The number of ether oxygens (including phenoxy) is 1. The average molecular weight is 298 g/mol. The quantitative estimate of drug-likeness (QED) is 0.830. The molecule has 2 aliphatic heterocycles. The maximum absolute atomic E-state index is 13.7. The number of piperazine rings is 1. The largest absolute Gasteiger partial charge is 0.377 e. The Kier molecular flexibility index (Phi) is 4.05. The SMILES string of the molecule is Cc1ccc(C(=O)N2CCN([C@@H]3COC[C@H]3F)CC2)s1. The number of alkyl halides is 1. The number of carbonyl (C=O) groups excluding carboxylic acids is 1. The number of thiophene rings is 1. The highest BCUT2D eigenvalue weighted by atomic mass is 32.1. The van der Waals surface area contributed by atoms with Gasteiger partial charge in [-0.25, -0.2) is 4.39 Å². The van der Waals surface area contributed by atoms with Crippen molar-refractivity contribution in [3.8, 4) is 0 Å². The molecule has 6 heteroatoms. The van der Waals surface area contributed by atoms with E-state index in [1.807, 2.05) is 24.0 Å². The van der Waals surface area contributed by atoms with Crippen molar-refractivity contribution in [3.05, 3.63) is 21.9 Å². The number of halogens is 1. The van der Waals surface area contributed by atoms with E-state index in [0.717, 1.165) is 22.8 Å². The molecule has 110 valence electrons. The van der Waals surface area contributed by atoms with Crippen LogP contribution in [0.25, 0.3) is 0 Å². The second kappa shape index (κ2) is 5.79. The molecule has 0 aromatic carbocycles. The maximum Gasteiger partial charge on any atom is 0.264 e. The van der Waals surface area contributed by atoms with Gasteiger partial charge in [-0.05, 0) is 19.1 Å². The molecule has 20 heavy (non-hydrogen) atoms. The van der Waals surface area contributed by atoms with Crippen LogP contribution in [0.1, 0.15) is 14.5 Å². The minimum atomic E-state index is -0.891. The third-order valence-corrected chi connectivity index (χ3v) is 4.99. The number of aryl methyl sites for hydroxylation is 1. The third kappa shape index (κ3) is 2.73. The summed E-state index contributed by atoms with van der Waals surface area (Å²) in [5.41, 5.74) is 0. The fourth-order valence-electron chi connectivity index (χ4n) is 2.81. The van der Waals surface area contributed by atoms with Crippen molar-refractivity contribution in [1.82, 2.24) is 9.80 Å². The first-order chi connectivity index (χ1) is 9.65. The van der Waals surface area contributed by atoms with Crippen LogP contribution in [-0.2, 0) is 4.74 Å². The first-order valence-corrected chi connectivity index (χ1v) is 7.78. The predicted octanol–water partition coefficient (Wildman–Crippen LogP) is 1.55. The van der Waals surface area contributed by atoms with Crippen LogP contribution >= 0.6 is 11.3 Å². The monoisotopic (exact) mass is 298 g/mol. The molecule has 0 radical (unpaired) electrons. The molecule has 0 bridgehead atoms. The van der Waals surface area contributed by atoms with Crippen molar-refractivity contribution < 1.29 is 13.9 Å². The molecular weight excluding hydrogens is 279 g/mol. The molecule has 2 fully saturated rings. The topological polar surface area (TPSA) is 32.8 Å². The lowest BCUT2D eigenvalue weighted by molar-refractivity contribution is 0.0499. The minimum Gasteiger partial charge on any atom is -0.377 e. The molecule has 2 atom stereocenters. The summed E-state index contributed by atoms with van der Waals surface area (Å²) in [5.74, 6) is 0.0993. The molecule has 2 aliphatic rings. The van der Waals surface area contributed by atoms with Crippen LogP contribution in [0.3, 0.4) is 0 Å². The van der Waals surface area contributed by atoms with Gasteiger partial charge in [-0.3, -0.25) is 9.69 Å². The maximum atomic E-state index is 13.7. The van der Waals surface area contributed by atoms with Crippen molar-refractivity contribution in [1.29, 1.82) is 0 Å².